The number of carbonyl (C=O) groups excluding carboxylic acids is 5. The first-order chi connectivity index (χ1) is 23.6. The largest absolute Gasteiger partial charge is 0.508 e. The van der Waals surface area contributed by atoms with Crippen LogP contribution in [0.5, 0.6) is 5.75 Å². The molecule has 12 nitrogen and oxygen atoms in total. The summed E-state index contributed by atoms with van der Waals surface area (Å²) in [5.41, 5.74) is 2.74. The third-order valence-electron chi connectivity index (χ3n) is 9.43. The van der Waals surface area contributed by atoms with E-state index in [2.05, 4.69) is 38.7 Å². The lowest BCUT2D eigenvalue weighted by Gasteiger charge is -2.32. The molecule has 0 radical (unpaired) electrons. The van der Waals surface area contributed by atoms with Crippen molar-refractivity contribution in [3.05, 3.63) is 64.7 Å². The lowest BCUT2D eigenvalue weighted by Crippen LogP contribution is -2.55. The number of likely N-dealkylation sites (N-methyl/N-ethyl adjacent to an activating group) is 1. The van der Waals surface area contributed by atoms with E-state index in [0.29, 0.717) is 45.2 Å². The predicted molar refractivity (Wildman–Crippen MR) is 187 cm³/mol. The quantitative estimate of drug-likeness (QED) is 0.149. The maximum atomic E-state index is 13.9. The van der Waals surface area contributed by atoms with Crippen molar-refractivity contribution in [2.75, 3.05) is 26.7 Å². The van der Waals surface area contributed by atoms with Gasteiger partial charge in [-0.2, -0.15) is 0 Å². The summed E-state index contributed by atoms with van der Waals surface area (Å²) in [6, 6.07) is 10.2. The average molecular weight is 677 g/mol. The number of nitrogens with zero attached hydrogens (tertiary/aromatic N) is 1. The molecule has 2 aliphatic rings. The average Bonchev–Trinajstić information content (AvgIpc) is 3.60. The zero-order valence-electron chi connectivity index (χ0n) is 29.0. The number of phenolic OH excluding ortho intramolecular Hbond substituents is 1. The molecule has 1 heterocycles. The molecule has 2 aromatic carbocycles. The highest BCUT2D eigenvalue weighted by atomic mass is 16.3. The van der Waals surface area contributed by atoms with Gasteiger partial charge in [-0.05, 0) is 101 Å². The summed E-state index contributed by atoms with van der Waals surface area (Å²) in [7, 11) is 1.67. The van der Waals surface area contributed by atoms with Gasteiger partial charge < -0.3 is 36.6 Å². The lowest BCUT2D eigenvalue weighted by atomic mass is 9.87. The van der Waals surface area contributed by atoms with Gasteiger partial charge in [0.1, 0.15) is 17.8 Å². The molecule has 266 valence electrons. The topological polar surface area (TPSA) is 169 Å². The van der Waals surface area contributed by atoms with Gasteiger partial charge in [-0.25, -0.2) is 0 Å². The Balaban J connectivity index is 1.34. The fourth-order valence-electron chi connectivity index (χ4n) is 6.49. The van der Waals surface area contributed by atoms with Gasteiger partial charge in [-0.3, -0.25) is 24.0 Å². The summed E-state index contributed by atoms with van der Waals surface area (Å²) in [5.74, 6) is -1.75. The molecule has 0 aromatic heterocycles. The first-order valence-corrected chi connectivity index (χ1v) is 17.7. The van der Waals surface area contributed by atoms with Crippen LogP contribution in [0.15, 0.2) is 42.5 Å². The van der Waals surface area contributed by atoms with Crippen molar-refractivity contribution >= 4 is 29.5 Å². The summed E-state index contributed by atoms with van der Waals surface area (Å²) < 4.78 is 0. The van der Waals surface area contributed by atoms with E-state index in [4.69, 9.17) is 0 Å². The van der Waals surface area contributed by atoms with Gasteiger partial charge in [-0.15, -0.1) is 0 Å². The van der Waals surface area contributed by atoms with Crippen LogP contribution in [0.3, 0.4) is 0 Å². The zero-order valence-corrected chi connectivity index (χ0v) is 29.0. The first-order valence-electron chi connectivity index (χ1n) is 17.7. The number of aryl methyl sites for hydroxylation is 1. The fourth-order valence-corrected chi connectivity index (χ4v) is 6.49. The number of phenols is 1. The van der Waals surface area contributed by atoms with Crippen LogP contribution in [0.25, 0.3) is 0 Å². The highest BCUT2D eigenvalue weighted by Crippen LogP contribution is 2.30. The van der Waals surface area contributed by atoms with Crippen molar-refractivity contribution < 1.29 is 29.1 Å². The minimum Gasteiger partial charge on any atom is -0.508 e. The minimum atomic E-state index is -0.831. The number of carbonyl (C=O) groups is 5. The van der Waals surface area contributed by atoms with E-state index in [0.717, 1.165) is 37.7 Å². The maximum absolute atomic E-state index is 13.9. The first kappa shape index (κ1) is 37.4. The van der Waals surface area contributed by atoms with Gasteiger partial charge in [0.05, 0.1) is 12.1 Å². The molecule has 0 unspecified atom stereocenters. The van der Waals surface area contributed by atoms with Gasteiger partial charge in [0.25, 0.3) is 11.8 Å². The fraction of sp³-hybridized carbons (Fsp3) is 0.541. The second kappa shape index (κ2) is 18.4. The highest BCUT2D eigenvalue weighted by Gasteiger charge is 2.38. The van der Waals surface area contributed by atoms with Gasteiger partial charge in [0, 0.05) is 30.8 Å². The molecule has 1 fully saturated rings. The van der Waals surface area contributed by atoms with E-state index in [-0.39, 0.29) is 53.1 Å². The Kier molecular flexibility index (Phi) is 14.0. The Morgan fingerprint density at radius 2 is 1.61 bits per heavy atom. The van der Waals surface area contributed by atoms with Crippen LogP contribution in [-0.4, -0.2) is 84.3 Å². The van der Waals surface area contributed by atoms with E-state index >= 15 is 0 Å². The van der Waals surface area contributed by atoms with Crippen molar-refractivity contribution in [1.82, 2.24) is 31.5 Å². The van der Waals surface area contributed by atoms with Gasteiger partial charge in [0.15, 0.2) is 0 Å². The van der Waals surface area contributed by atoms with Crippen LogP contribution in [0, 0.1) is 0 Å². The molecule has 5 amide bonds. The smallest absolute Gasteiger partial charge is 0.251 e. The van der Waals surface area contributed by atoms with Crippen molar-refractivity contribution in [1.29, 1.82) is 0 Å². The number of nitrogens with one attached hydrogen (secondary N) is 5. The molecule has 0 spiro atoms. The molecular weight excluding hydrogens is 624 g/mol. The molecule has 0 saturated carbocycles. The van der Waals surface area contributed by atoms with Crippen LogP contribution in [0.4, 0.5) is 0 Å². The Bertz CT molecular complexity index is 1480. The molecule has 4 atom stereocenters. The standard InChI is InChI=1S/C37H52N6O6/c1-4-5-18-39-34(46)26-21-27(23-28(44)22-26)35(47)40-19-9-8-15-31(42-33(45)24(2)38-3)37(49)43-20-11-17-32(43)36(48)41-30-16-10-13-25-12-6-7-14-29(25)30/h6-7,12,14,21-24,30-32,38,44H,4-5,8-11,13,15-20H2,1-3H3,(H,39,46)(H,40,47)(H,41,48)(H,42,45)/t24-,30+,31-,32-/m0/s1. The summed E-state index contributed by atoms with van der Waals surface area (Å²) >= 11 is 0. The molecule has 0 bridgehead atoms. The summed E-state index contributed by atoms with van der Waals surface area (Å²) in [5, 5.41) is 24.7. The maximum Gasteiger partial charge on any atom is 0.251 e. The van der Waals surface area contributed by atoms with E-state index in [1.54, 1.807) is 18.9 Å². The number of unbranched alkanes of at least 4 members (excludes halogenated alkanes) is 2. The van der Waals surface area contributed by atoms with Crippen LogP contribution in [-0.2, 0) is 20.8 Å². The molecule has 1 aliphatic heterocycles. The predicted octanol–water partition coefficient (Wildman–Crippen LogP) is 3.10. The SMILES string of the molecule is CCCCNC(=O)c1cc(O)cc(C(=O)NCCCC[C@H](NC(=O)[C@H](C)NC)C(=O)N2CCC[C@H]2C(=O)N[C@@H]2CCCc3ccccc32)c1. The Morgan fingerprint density at radius 3 is 2.31 bits per heavy atom. The van der Waals surface area contributed by atoms with Crippen LogP contribution < -0.4 is 26.6 Å². The molecule has 1 aliphatic carbocycles. The number of hydrogen-bond acceptors (Lipinski definition) is 7. The van der Waals surface area contributed by atoms with Gasteiger partial charge >= 0.3 is 0 Å². The van der Waals surface area contributed by atoms with Gasteiger partial charge in [-0.1, -0.05) is 37.6 Å². The number of benzene rings is 2. The number of aromatic hydroxyl groups is 1. The van der Waals surface area contributed by atoms with Crippen LogP contribution in [0.1, 0.15) is 110 Å². The molecule has 2 aromatic rings. The number of rotatable bonds is 16. The van der Waals surface area contributed by atoms with Crippen molar-refractivity contribution in [3.8, 4) is 5.75 Å². The molecule has 1 saturated heterocycles. The minimum absolute atomic E-state index is 0.0911. The van der Waals surface area contributed by atoms with E-state index in [1.165, 1.54) is 23.8 Å². The molecule has 12 heteroatoms. The molecular formula is C37H52N6O6. The Morgan fingerprint density at radius 1 is 0.918 bits per heavy atom. The van der Waals surface area contributed by atoms with Crippen molar-refractivity contribution in [3.63, 3.8) is 0 Å². The molecule has 6 N–H and O–H groups in total. The Hall–Kier alpha value is -4.45. The van der Waals surface area contributed by atoms with Crippen molar-refractivity contribution in [2.45, 2.75) is 102 Å². The highest BCUT2D eigenvalue weighted by molar-refractivity contribution is 6.00. The van der Waals surface area contributed by atoms with Crippen LogP contribution >= 0.6 is 0 Å². The van der Waals surface area contributed by atoms with Crippen molar-refractivity contribution in [2.24, 2.45) is 0 Å². The Labute approximate surface area is 289 Å². The molecule has 4 rings (SSSR count). The zero-order chi connectivity index (χ0) is 35.3. The number of likely N-dealkylation sites (tertiary alicyclic amines) is 1. The summed E-state index contributed by atoms with van der Waals surface area (Å²) in [4.78, 5) is 67.3. The van der Waals surface area contributed by atoms with E-state index < -0.39 is 24.0 Å². The van der Waals surface area contributed by atoms with E-state index in [9.17, 15) is 29.1 Å². The second-order valence-electron chi connectivity index (χ2n) is 13.0. The second-order valence-corrected chi connectivity index (χ2v) is 13.0. The normalized spacial score (nSPS) is 18.1. The number of fused-ring (bicyclic) bond motifs is 1. The van der Waals surface area contributed by atoms with Gasteiger partial charge in [0.2, 0.25) is 17.7 Å². The monoisotopic (exact) mass is 676 g/mol. The molecule has 49 heavy (non-hydrogen) atoms. The van der Waals surface area contributed by atoms with Crippen LogP contribution in [0.2, 0.25) is 0 Å². The summed E-state index contributed by atoms with van der Waals surface area (Å²) in [6.07, 6.45) is 7.18. The third-order valence-corrected chi connectivity index (χ3v) is 9.43. The van der Waals surface area contributed by atoms with E-state index in [1.807, 2.05) is 19.1 Å². The summed E-state index contributed by atoms with van der Waals surface area (Å²) in [6.45, 7) is 4.95. The lowest BCUT2D eigenvalue weighted by molar-refractivity contribution is -0.142. The number of amides is 5. The number of hydrogen-bond donors (Lipinski definition) is 6. The third kappa shape index (κ3) is 10.3.